The predicted octanol–water partition coefficient (Wildman–Crippen LogP) is 7.30. The fraction of sp³-hybridized carbons (Fsp3) is 0.244. The van der Waals surface area contributed by atoms with Gasteiger partial charge in [-0.05, 0) is 53.3 Å². The number of pyridine rings is 1. The zero-order chi connectivity index (χ0) is 34.7. The molecule has 0 spiro atoms. The minimum absolute atomic E-state index is 0.0309. The molecule has 5 unspecified atom stereocenters. The van der Waals surface area contributed by atoms with Crippen molar-refractivity contribution in [1.29, 1.82) is 0 Å². The van der Waals surface area contributed by atoms with Gasteiger partial charge >= 0.3 is 6.03 Å². The molecule has 50 heavy (non-hydrogen) atoms. The van der Waals surface area contributed by atoms with E-state index in [1.54, 1.807) is 18.0 Å². The molecule has 1 aromatic heterocycles. The van der Waals surface area contributed by atoms with Gasteiger partial charge in [0.1, 0.15) is 0 Å². The number of aliphatic hydroxyl groups is 1. The van der Waals surface area contributed by atoms with E-state index in [0.29, 0.717) is 12.2 Å². The summed E-state index contributed by atoms with van der Waals surface area (Å²) >= 11 is 1.65. The Morgan fingerprint density at radius 2 is 1.42 bits per heavy atom. The summed E-state index contributed by atoms with van der Waals surface area (Å²) in [5, 5.41) is 16.3. The number of benzene rings is 4. The molecular formula is C41H41N3O5S. The van der Waals surface area contributed by atoms with E-state index in [9.17, 15) is 14.7 Å². The first-order valence-electron chi connectivity index (χ1n) is 16.7. The van der Waals surface area contributed by atoms with E-state index in [2.05, 4.69) is 27.8 Å². The van der Waals surface area contributed by atoms with Crippen LogP contribution in [0, 0.1) is 0 Å². The Hall–Kier alpha value is -4.80. The number of nitrogens with zero attached hydrogens (tertiary/aromatic N) is 1. The standard InChI is InChI=1S/C41H41N3O5S/c1-28(46)35(24-29-10-4-2-5-11-29)44-41(47)43-25-30-15-21-34(22-16-30)40-48-36(27-50-37-14-8-9-23-42-37)38(32-12-6-3-7-13-32)39(49-40)33-19-17-31(26-45)18-20-33/h2-23,35-36,38-40,45H,24-27H2,1H3,(H2,43,44,47). The van der Waals surface area contributed by atoms with Crippen LogP contribution in [0.3, 0.4) is 0 Å². The zero-order valence-electron chi connectivity index (χ0n) is 27.9. The van der Waals surface area contributed by atoms with Gasteiger partial charge < -0.3 is 25.2 Å². The largest absolute Gasteiger partial charge is 0.392 e. The Kier molecular flexibility index (Phi) is 12.1. The monoisotopic (exact) mass is 687 g/mol. The van der Waals surface area contributed by atoms with E-state index < -0.39 is 18.4 Å². The molecule has 2 amide bonds. The average molecular weight is 688 g/mol. The molecule has 0 saturated carbocycles. The highest BCUT2D eigenvalue weighted by Gasteiger charge is 2.42. The second-order valence-electron chi connectivity index (χ2n) is 12.3. The predicted molar refractivity (Wildman–Crippen MR) is 194 cm³/mol. The first kappa shape index (κ1) is 35.0. The molecule has 2 heterocycles. The fourth-order valence-corrected chi connectivity index (χ4v) is 7.01. The van der Waals surface area contributed by atoms with Gasteiger partial charge in [-0.15, -0.1) is 11.8 Å². The Labute approximate surface area is 297 Å². The van der Waals surface area contributed by atoms with Crippen LogP contribution in [0.5, 0.6) is 0 Å². The third kappa shape index (κ3) is 9.25. The van der Waals surface area contributed by atoms with Gasteiger partial charge in [-0.2, -0.15) is 0 Å². The highest BCUT2D eigenvalue weighted by atomic mass is 32.2. The van der Waals surface area contributed by atoms with E-state index in [0.717, 1.165) is 38.4 Å². The molecule has 1 aliphatic rings. The number of thioether (sulfide) groups is 1. The summed E-state index contributed by atoms with van der Waals surface area (Å²) in [5.41, 5.74) is 5.68. The number of nitrogens with one attached hydrogen (secondary N) is 2. The third-order valence-electron chi connectivity index (χ3n) is 8.79. The summed E-state index contributed by atoms with van der Waals surface area (Å²) in [6, 6.07) is 40.5. The summed E-state index contributed by atoms with van der Waals surface area (Å²) in [5.74, 6) is 0.450. The first-order chi connectivity index (χ1) is 24.5. The number of ether oxygens (including phenoxy) is 2. The number of carbonyl (C=O) groups is 2. The maximum absolute atomic E-state index is 12.8. The zero-order valence-corrected chi connectivity index (χ0v) is 28.7. The molecule has 0 radical (unpaired) electrons. The maximum atomic E-state index is 12.8. The number of Topliss-reactive ketones (excluding diaryl/α,β-unsaturated/α-hetero) is 1. The molecule has 5 aromatic rings. The highest BCUT2D eigenvalue weighted by Crippen LogP contribution is 2.48. The van der Waals surface area contributed by atoms with E-state index in [-0.39, 0.29) is 37.1 Å². The molecule has 1 fully saturated rings. The Balaban J connectivity index is 1.18. The van der Waals surface area contributed by atoms with Crippen LogP contribution < -0.4 is 10.6 Å². The first-order valence-corrected chi connectivity index (χ1v) is 17.7. The summed E-state index contributed by atoms with van der Waals surface area (Å²) in [6.45, 7) is 1.74. The van der Waals surface area contributed by atoms with Crippen LogP contribution in [-0.2, 0) is 33.8 Å². The topological polar surface area (TPSA) is 110 Å². The van der Waals surface area contributed by atoms with Gasteiger partial charge in [-0.3, -0.25) is 4.79 Å². The number of aliphatic hydroxyl groups excluding tert-OH is 1. The molecule has 6 rings (SSSR count). The second kappa shape index (κ2) is 17.2. The molecule has 8 nitrogen and oxygen atoms in total. The van der Waals surface area contributed by atoms with E-state index in [1.165, 1.54) is 6.92 Å². The van der Waals surface area contributed by atoms with Gasteiger partial charge in [0, 0.05) is 30.0 Å². The molecule has 9 heteroatoms. The van der Waals surface area contributed by atoms with Gasteiger partial charge in [0.25, 0.3) is 0 Å². The molecule has 1 saturated heterocycles. The molecule has 4 aromatic carbocycles. The van der Waals surface area contributed by atoms with Gasteiger partial charge in [-0.1, -0.05) is 115 Å². The number of carbonyl (C=O) groups excluding carboxylic acids is 2. The number of hydrogen-bond donors (Lipinski definition) is 3. The number of amides is 2. The lowest BCUT2D eigenvalue weighted by molar-refractivity contribution is -0.255. The summed E-state index contributed by atoms with van der Waals surface area (Å²) in [6.07, 6.45) is 1.03. The average Bonchev–Trinajstić information content (AvgIpc) is 3.17. The molecule has 0 aliphatic carbocycles. The second-order valence-corrected chi connectivity index (χ2v) is 13.3. The van der Waals surface area contributed by atoms with E-state index in [1.807, 2.05) is 115 Å². The molecule has 1 aliphatic heterocycles. The van der Waals surface area contributed by atoms with Crippen LogP contribution >= 0.6 is 11.8 Å². The molecule has 0 bridgehead atoms. The van der Waals surface area contributed by atoms with Crippen molar-refractivity contribution in [2.45, 2.75) is 62.0 Å². The van der Waals surface area contributed by atoms with Crippen molar-refractivity contribution in [3.8, 4) is 0 Å². The fourth-order valence-electron chi connectivity index (χ4n) is 6.08. The lowest BCUT2D eigenvalue weighted by atomic mass is 9.84. The van der Waals surface area contributed by atoms with Gasteiger partial charge in [0.15, 0.2) is 12.1 Å². The lowest BCUT2D eigenvalue weighted by Crippen LogP contribution is -2.46. The summed E-state index contributed by atoms with van der Waals surface area (Å²) < 4.78 is 13.6. The van der Waals surface area contributed by atoms with Gasteiger partial charge in [0.05, 0.1) is 29.9 Å². The Morgan fingerprint density at radius 3 is 2.08 bits per heavy atom. The highest BCUT2D eigenvalue weighted by molar-refractivity contribution is 7.99. The van der Waals surface area contributed by atoms with Crippen LogP contribution in [0.1, 0.15) is 58.6 Å². The SMILES string of the molecule is CC(=O)C(Cc1ccccc1)NC(=O)NCc1ccc(C2OC(CSc3ccccn3)C(c3ccccc3)C(c3ccc(CO)cc3)O2)cc1. The summed E-state index contributed by atoms with van der Waals surface area (Å²) in [4.78, 5) is 29.5. The van der Waals surface area contributed by atoms with E-state index >= 15 is 0 Å². The number of ketones is 1. The number of urea groups is 1. The van der Waals surface area contributed by atoms with E-state index in [4.69, 9.17) is 9.47 Å². The van der Waals surface area contributed by atoms with Crippen molar-refractivity contribution in [2.75, 3.05) is 5.75 Å². The van der Waals surface area contributed by atoms with Crippen LogP contribution in [0.2, 0.25) is 0 Å². The van der Waals surface area contributed by atoms with Crippen LogP contribution in [0.4, 0.5) is 4.79 Å². The van der Waals surface area contributed by atoms with Crippen molar-refractivity contribution in [1.82, 2.24) is 15.6 Å². The Bertz CT molecular complexity index is 1810. The van der Waals surface area contributed by atoms with Gasteiger partial charge in [0.2, 0.25) is 0 Å². The minimum atomic E-state index is -0.647. The number of rotatable bonds is 13. The molecular weight excluding hydrogens is 647 g/mol. The Morgan fingerprint density at radius 1 is 0.760 bits per heavy atom. The van der Waals surface area contributed by atoms with Gasteiger partial charge in [-0.25, -0.2) is 9.78 Å². The van der Waals surface area contributed by atoms with Crippen LogP contribution in [-0.4, -0.2) is 39.8 Å². The lowest BCUT2D eigenvalue weighted by Gasteiger charge is -2.43. The van der Waals surface area contributed by atoms with Crippen molar-refractivity contribution >= 4 is 23.6 Å². The minimum Gasteiger partial charge on any atom is -0.392 e. The number of aromatic nitrogens is 1. The van der Waals surface area contributed by atoms with Crippen molar-refractivity contribution in [2.24, 2.45) is 0 Å². The van der Waals surface area contributed by atoms with Crippen molar-refractivity contribution in [3.05, 3.63) is 167 Å². The van der Waals surface area contributed by atoms with Crippen molar-refractivity contribution in [3.63, 3.8) is 0 Å². The molecule has 5 atom stereocenters. The molecule has 256 valence electrons. The van der Waals surface area contributed by atoms with Crippen LogP contribution in [0.15, 0.2) is 139 Å². The summed E-state index contributed by atoms with van der Waals surface area (Å²) in [7, 11) is 0. The third-order valence-corrected chi connectivity index (χ3v) is 9.82. The smallest absolute Gasteiger partial charge is 0.315 e. The normalized spacial score (nSPS) is 19.3. The van der Waals surface area contributed by atoms with Crippen LogP contribution in [0.25, 0.3) is 0 Å². The quantitative estimate of drug-likeness (QED) is 0.111. The molecule has 3 N–H and O–H groups in total. The van der Waals surface area contributed by atoms with Crippen molar-refractivity contribution < 1.29 is 24.2 Å². The maximum Gasteiger partial charge on any atom is 0.315 e. The number of hydrogen-bond acceptors (Lipinski definition) is 7.